The molecule has 0 radical (unpaired) electrons. The fraction of sp³-hybridized carbons (Fsp3) is 0.455. The fourth-order valence-electron chi connectivity index (χ4n) is 2.03. The van der Waals surface area contributed by atoms with E-state index in [9.17, 15) is 5.11 Å². The molecule has 0 saturated heterocycles. The first-order chi connectivity index (χ1) is 6.31. The Morgan fingerprint density at radius 2 is 2.21 bits per heavy atom. The molecule has 1 unspecified atom stereocenters. The number of aromatic hydroxyl groups is 1. The van der Waals surface area contributed by atoms with Crippen LogP contribution in [0, 0.1) is 0 Å². The predicted molar refractivity (Wildman–Crippen MR) is 63.3 cm³/mol. The van der Waals surface area contributed by atoms with E-state index in [1.807, 2.05) is 13.1 Å². The maximum atomic E-state index is 9.59. The average molecular weight is 258 g/mol. The molecule has 1 aromatic rings. The van der Waals surface area contributed by atoms with Gasteiger partial charge < -0.3 is 10.4 Å². The zero-order valence-electron chi connectivity index (χ0n) is 8.29. The lowest BCUT2D eigenvalue weighted by atomic mass is 9.88. The Morgan fingerprint density at radius 1 is 1.43 bits per heavy atom. The van der Waals surface area contributed by atoms with Crippen LogP contribution in [0.25, 0.3) is 0 Å². The summed E-state index contributed by atoms with van der Waals surface area (Å²) < 4.78 is 0. The van der Waals surface area contributed by atoms with Crippen LogP contribution in [0.2, 0.25) is 0 Å². The molecule has 78 valence electrons. The number of likely N-dealkylation sites (N-methyl/N-ethyl adjacent to an activating group) is 1. The van der Waals surface area contributed by atoms with Crippen LogP contribution in [-0.2, 0) is 12.8 Å². The van der Waals surface area contributed by atoms with Gasteiger partial charge in [0.25, 0.3) is 0 Å². The number of halogens is 1. The molecule has 1 aliphatic carbocycles. The molecule has 0 bridgehead atoms. The van der Waals surface area contributed by atoms with Crippen LogP contribution in [-0.4, -0.2) is 18.2 Å². The zero-order valence-corrected chi connectivity index (χ0v) is 10.00. The van der Waals surface area contributed by atoms with Gasteiger partial charge in [-0.1, -0.05) is 12.1 Å². The second-order valence-corrected chi connectivity index (χ2v) is 3.64. The van der Waals surface area contributed by atoms with Crippen LogP contribution in [0.3, 0.4) is 0 Å². The summed E-state index contributed by atoms with van der Waals surface area (Å²) in [4.78, 5) is 0. The third-order valence-corrected chi connectivity index (χ3v) is 2.87. The first-order valence-electron chi connectivity index (χ1n) is 4.78. The normalized spacial score (nSPS) is 19.6. The highest BCUT2D eigenvalue weighted by Gasteiger charge is 2.18. The quantitative estimate of drug-likeness (QED) is 0.808. The Balaban J connectivity index is 0.000000980. The minimum atomic E-state index is 0. The van der Waals surface area contributed by atoms with Crippen molar-refractivity contribution in [3.8, 4) is 5.75 Å². The number of phenols is 1. The minimum Gasteiger partial charge on any atom is -0.508 e. The highest BCUT2D eigenvalue weighted by molar-refractivity contribution is 8.93. The summed E-state index contributed by atoms with van der Waals surface area (Å²) in [6.45, 7) is 0. The van der Waals surface area contributed by atoms with E-state index in [4.69, 9.17) is 0 Å². The van der Waals surface area contributed by atoms with Crippen LogP contribution >= 0.6 is 17.0 Å². The van der Waals surface area contributed by atoms with Crippen molar-refractivity contribution in [2.24, 2.45) is 0 Å². The summed E-state index contributed by atoms with van der Waals surface area (Å²) in [5.74, 6) is 0.465. The topological polar surface area (TPSA) is 32.3 Å². The molecule has 14 heavy (non-hydrogen) atoms. The van der Waals surface area contributed by atoms with E-state index < -0.39 is 0 Å². The first kappa shape index (κ1) is 11.5. The molecule has 2 nitrogen and oxygen atoms in total. The van der Waals surface area contributed by atoms with Gasteiger partial charge in [0.05, 0.1) is 0 Å². The Labute approximate surface area is 95.1 Å². The number of nitrogens with one attached hydrogen (secondary N) is 1. The maximum absolute atomic E-state index is 9.59. The molecule has 0 aromatic heterocycles. The van der Waals surface area contributed by atoms with Gasteiger partial charge in [0.1, 0.15) is 5.75 Å². The van der Waals surface area contributed by atoms with Gasteiger partial charge in [-0.15, -0.1) is 17.0 Å². The lowest BCUT2D eigenvalue weighted by Crippen LogP contribution is -2.31. The van der Waals surface area contributed by atoms with E-state index >= 15 is 0 Å². The SMILES string of the molecule is Br.CNC1CCc2c(O)cccc2C1. The molecular formula is C11H16BrNO. The molecule has 2 rings (SSSR count). The fourth-order valence-corrected chi connectivity index (χ4v) is 2.03. The van der Waals surface area contributed by atoms with Gasteiger partial charge in [0, 0.05) is 6.04 Å². The van der Waals surface area contributed by atoms with Crippen molar-refractivity contribution >= 4 is 17.0 Å². The molecule has 0 heterocycles. The molecule has 0 fully saturated rings. The molecular weight excluding hydrogens is 242 g/mol. The van der Waals surface area contributed by atoms with Crippen molar-refractivity contribution in [1.82, 2.24) is 5.32 Å². The molecule has 1 aliphatic rings. The Kier molecular flexibility index (Phi) is 3.96. The van der Waals surface area contributed by atoms with Crippen LogP contribution < -0.4 is 5.32 Å². The Bertz CT molecular complexity index is 314. The molecule has 1 aromatic carbocycles. The average Bonchev–Trinajstić information content (AvgIpc) is 2.18. The second-order valence-electron chi connectivity index (χ2n) is 3.64. The van der Waals surface area contributed by atoms with Crippen LogP contribution in [0.15, 0.2) is 18.2 Å². The van der Waals surface area contributed by atoms with Crippen LogP contribution in [0.1, 0.15) is 17.5 Å². The number of fused-ring (bicyclic) bond motifs is 1. The molecule has 0 saturated carbocycles. The van der Waals surface area contributed by atoms with E-state index in [0.717, 1.165) is 24.8 Å². The van der Waals surface area contributed by atoms with E-state index in [-0.39, 0.29) is 17.0 Å². The van der Waals surface area contributed by atoms with Crippen molar-refractivity contribution in [3.63, 3.8) is 0 Å². The smallest absolute Gasteiger partial charge is 0.119 e. The third kappa shape index (κ3) is 2.10. The van der Waals surface area contributed by atoms with E-state index in [2.05, 4.69) is 11.4 Å². The van der Waals surface area contributed by atoms with Gasteiger partial charge in [-0.2, -0.15) is 0 Å². The zero-order chi connectivity index (χ0) is 9.26. The van der Waals surface area contributed by atoms with Crippen molar-refractivity contribution < 1.29 is 5.11 Å². The van der Waals surface area contributed by atoms with Gasteiger partial charge in [0.15, 0.2) is 0 Å². The van der Waals surface area contributed by atoms with E-state index in [1.165, 1.54) is 5.56 Å². The standard InChI is InChI=1S/C11H15NO.BrH/c1-12-9-5-6-10-8(7-9)3-2-4-11(10)13;/h2-4,9,12-13H,5-7H2,1H3;1H. The Morgan fingerprint density at radius 3 is 2.93 bits per heavy atom. The second kappa shape index (κ2) is 4.80. The molecule has 0 aliphatic heterocycles. The summed E-state index contributed by atoms with van der Waals surface area (Å²) >= 11 is 0. The molecule has 0 spiro atoms. The monoisotopic (exact) mass is 257 g/mol. The third-order valence-electron chi connectivity index (χ3n) is 2.87. The van der Waals surface area contributed by atoms with Crippen LogP contribution in [0.4, 0.5) is 0 Å². The molecule has 1 atom stereocenters. The van der Waals surface area contributed by atoms with Gasteiger partial charge in [-0.3, -0.25) is 0 Å². The predicted octanol–water partition coefficient (Wildman–Crippen LogP) is 2.05. The van der Waals surface area contributed by atoms with Gasteiger partial charge >= 0.3 is 0 Å². The number of phenolic OH excluding ortho intramolecular Hbond substituents is 1. The first-order valence-corrected chi connectivity index (χ1v) is 4.78. The van der Waals surface area contributed by atoms with Crippen molar-refractivity contribution in [3.05, 3.63) is 29.3 Å². The number of rotatable bonds is 1. The van der Waals surface area contributed by atoms with Crippen LogP contribution in [0.5, 0.6) is 5.75 Å². The number of hydrogen-bond donors (Lipinski definition) is 2. The number of hydrogen-bond acceptors (Lipinski definition) is 2. The Hall–Kier alpha value is -0.540. The molecule has 0 amide bonds. The maximum Gasteiger partial charge on any atom is 0.119 e. The summed E-state index contributed by atoms with van der Waals surface area (Å²) in [6, 6.07) is 6.39. The largest absolute Gasteiger partial charge is 0.508 e. The highest BCUT2D eigenvalue weighted by atomic mass is 79.9. The summed E-state index contributed by atoms with van der Waals surface area (Å²) in [5.41, 5.74) is 2.44. The van der Waals surface area contributed by atoms with Gasteiger partial charge in [-0.05, 0) is 43.5 Å². The number of benzene rings is 1. The van der Waals surface area contributed by atoms with Gasteiger partial charge in [-0.25, -0.2) is 0 Å². The van der Waals surface area contributed by atoms with Crippen molar-refractivity contribution in [1.29, 1.82) is 0 Å². The van der Waals surface area contributed by atoms with E-state index in [1.54, 1.807) is 6.07 Å². The minimum absolute atomic E-state index is 0. The van der Waals surface area contributed by atoms with E-state index in [0.29, 0.717) is 11.8 Å². The van der Waals surface area contributed by atoms with Crippen molar-refractivity contribution in [2.45, 2.75) is 25.3 Å². The summed E-state index contributed by atoms with van der Waals surface area (Å²) in [7, 11) is 2.00. The van der Waals surface area contributed by atoms with Crippen molar-refractivity contribution in [2.75, 3.05) is 7.05 Å². The highest BCUT2D eigenvalue weighted by Crippen LogP contribution is 2.28. The van der Waals surface area contributed by atoms with Gasteiger partial charge in [0.2, 0.25) is 0 Å². The summed E-state index contributed by atoms with van der Waals surface area (Å²) in [5, 5.41) is 12.9. The lowest BCUT2D eigenvalue weighted by Gasteiger charge is -2.24. The lowest BCUT2D eigenvalue weighted by molar-refractivity contribution is 0.445. The molecule has 2 N–H and O–H groups in total. The summed E-state index contributed by atoms with van der Waals surface area (Å²) in [6.07, 6.45) is 3.16. The molecule has 3 heteroatoms.